The lowest BCUT2D eigenvalue weighted by atomic mass is 10.2. The van der Waals surface area contributed by atoms with Gasteiger partial charge in [-0.15, -0.1) is 0 Å². The third-order valence-electron chi connectivity index (χ3n) is 4.53. The van der Waals surface area contributed by atoms with E-state index in [0.717, 1.165) is 16.8 Å². The minimum absolute atomic E-state index is 0.137. The minimum atomic E-state index is -0.488. The number of aromatic nitrogens is 3. The van der Waals surface area contributed by atoms with Crippen LogP contribution in [0.1, 0.15) is 17.7 Å². The summed E-state index contributed by atoms with van der Waals surface area (Å²) in [5, 5.41) is 12.5. The normalized spacial score (nSPS) is 10.7. The van der Waals surface area contributed by atoms with E-state index in [4.69, 9.17) is 4.42 Å². The SMILES string of the molecule is O=C(CCc1ccco1)Nc1cc(NCc2ccc(-c3cn[nH]c3)nc2)ccc1F. The Morgan fingerprint density at radius 2 is 2.10 bits per heavy atom. The van der Waals surface area contributed by atoms with E-state index < -0.39 is 5.82 Å². The molecule has 0 radical (unpaired) electrons. The van der Waals surface area contributed by atoms with E-state index in [0.29, 0.717) is 24.4 Å². The molecule has 3 heterocycles. The molecule has 0 aliphatic heterocycles. The molecule has 0 atom stereocenters. The molecule has 0 saturated carbocycles. The standard InChI is InChI=1S/C22H20FN5O2/c23-19-6-4-17(10-21(19)28-22(29)8-5-18-2-1-9-30-18)24-11-15-3-7-20(25-12-15)16-13-26-27-14-16/h1-4,6-7,9-10,12-14,24H,5,8,11H2,(H,26,27)(H,28,29). The maximum Gasteiger partial charge on any atom is 0.224 e. The zero-order valence-corrected chi connectivity index (χ0v) is 16.1. The van der Waals surface area contributed by atoms with E-state index in [9.17, 15) is 9.18 Å². The fourth-order valence-corrected chi connectivity index (χ4v) is 2.93. The average Bonchev–Trinajstić information content (AvgIpc) is 3.47. The fourth-order valence-electron chi connectivity index (χ4n) is 2.93. The Morgan fingerprint density at radius 3 is 2.83 bits per heavy atom. The number of H-pyrrole nitrogens is 1. The molecular weight excluding hydrogens is 385 g/mol. The quantitative estimate of drug-likeness (QED) is 0.404. The Balaban J connectivity index is 1.34. The van der Waals surface area contributed by atoms with Crippen molar-refractivity contribution < 1.29 is 13.6 Å². The molecule has 0 unspecified atom stereocenters. The van der Waals surface area contributed by atoms with Crippen molar-refractivity contribution in [3.8, 4) is 11.3 Å². The van der Waals surface area contributed by atoms with E-state index in [-0.39, 0.29) is 18.0 Å². The van der Waals surface area contributed by atoms with Crippen LogP contribution in [0.3, 0.4) is 0 Å². The first-order valence-electron chi connectivity index (χ1n) is 9.47. The van der Waals surface area contributed by atoms with Gasteiger partial charge in [0.2, 0.25) is 5.91 Å². The zero-order valence-electron chi connectivity index (χ0n) is 16.1. The van der Waals surface area contributed by atoms with Crippen LogP contribution in [0, 0.1) is 5.82 Å². The topological polar surface area (TPSA) is 95.8 Å². The van der Waals surface area contributed by atoms with Gasteiger partial charge in [0.25, 0.3) is 0 Å². The summed E-state index contributed by atoms with van der Waals surface area (Å²) in [6.07, 6.45) is 7.49. The van der Waals surface area contributed by atoms with Crippen molar-refractivity contribution in [1.82, 2.24) is 15.2 Å². The molecule has 3 N–H and O–H groups in total. The number of nitrogens with zero attached hydrogens (tertiary/aromatic N) is 2. The summed E-state index contributed by atoms with van der Waals surface area (Å²) in [7, 11) is 0. The van der Waals surface area contributed by atoms with E-state index >= 15 is 0 Å². The highest BCUT2D eigenvalue weighted by molar-refractivity contribution is 5.91. The van der Waals surface area contributed by atoms with E-state index in [1.165, 1.54) is 6.07 Å². The largest absolute Gasteiger partial charge is 0.469 e. The lowest BCUT2D eigenvalue weighted by molar-refractivity contribution is -0.116. The Kier molecular flexibility index (Phi) is 5.84. The molecule has 30 heavy (non-hydrogen) atoms. The van der Waals surface area contributed by atoms with Crippen molar-refractivity contribution in [2.75, 3.05) is 10.6 Å². The van der Waals surface area contributed by atoms with Crippen molar-refractivity contribution >= 4 is 17.3 Å². The molecule has 4 aromatic rings. The highest BCUT2D eigenvalue weighted by Gasteiger charge is 2.09. The molecule has 0 bridgehead atoms. The number of hydrogen-bond acceptors (Lipinski definition) is 5. The molecular formula is C22H20FN5O2. The van der Waals surface area contributed by atoms with Crippen LogP contribution in [0.4, 0.5) is 15.8 Å². The molecule has 3 aromatic heterocycles. The monoisotopic (exact) mass is 405 g/mol. The number of anilines is 2. The minimum Gasteiger partial charge on any atom is -0.469 e. The molecule has 7 nitrogen and oxygen atoms in total. The van der Waals surface area contributed by atoms with Crippen LogP contribution >= 0.6 is 0 Å². The third-order valence-corrected chi connectivity index (χ3v) is 4.53. The molecule has 8 heteroatoms. The smallest absolute Gasteiger partial charge is 0.224 e. The van der Waals surface area contributed by atoms with Crippen molar-refractivity contribution in [1.29, 1.82) is 0 Å². The van der Waals surface area contributed by atoms with Crippen LogP contribution in [0.2, 0.25) is 0 Å². The van der Waals surface area contributed by atoms with Gasteiger partial charge in [0.1, 0.15) is 11.6 Å². The summed E-state index contributed by atoms with van der Waals surface area (Å²) in [5.74, 6) is -0.0482. The molecule has 4 rings (SSSR count). The number of aryl methyl sites for hydroxylation is 1. The van der Waals surface area contributed by atoms with Gasteiger partial charge in [-0.1, -0.05) is 6.07 Å². The fraction of sp³-hybridized carbons (Fsp3) is 0.136. The summed E-state index contributed by atoms with van der Waals surface area (Å²) in [6.45, 7) is 0.510. The number of benzene rings is 1. The Bertz CT molecular complexity index is 1090. The van der Waals surface area contributed by atoms with Gasteiger partial charge in [0.05, 0.1) is 23.8 Å². The van der Waals surface area contributed by atoms with Crippen molar-refractivity contribution in [3.05, 3.63) is 84.5 Å². The summed E-state index contributed by atoms with van der Waals surface area (Å²) in [5.41, 5.74) is 3.54. The van der Waals surface area contributed by atoms with E-state index in [2.05, 4.69) is 25.8 Å². The van der Waals surface area contributed by atoms with Crippen LogP contribution in [0.25, 0.3) is 11.3 Å². The van der Waals surface area contributed by atoms with Crippen LogP contribution in [-0.2, 0) is 17.8 Å². The molecule has 0 fully saturated rings. The number of pyridine rings is 1. The lowest BCUT2D eigenvalue weighted by Crippen LogP contribution is -2.13. The van der Waals surface area contributed by atoms with Crippen LogP contribution in [-0.4, -0.2) is 21.1 Å². The number of carbonyl (C=O) groups excluding carboxylic acids is 1. The van der Waals surface area contributed by atoms with Gasteiger partial charge in [-0.3, -0.25) is 14.9 Å². The third kappa shape index (κ3) is 4.91. The van der Waals surface area contributed by atoms with Crippen LogP contribution < -0.4 is 10.6 Å². The number of aromatic amines is 1. The lowest BCUT2D eigenvalue weighted by Gasteiger charge is -2.11. The van der Waals surface area contributed by atoms with Crippen molar-refractivity contribution in [2.24, 2.45) is 0 Å². The van der Waals surface area contributed by atoms with Gasteiger partial charge in [-0.2, -0.15) is 5.10 Å². The number of nitrogens with one attached hydrogen (secondary N) is 3. The maximum atomic E-state index is 14.1. The molecule has 0 spiro atoms. The first kappa shape index (κ1) is 19.4. The maximum absolute atomic E-state index is 14.1. The van der Waals surface area contributed by atoms with Crippen molar-refractivity contribution in [3.63, 3.8) is 0 Å². The van der Waals surface area contributed by atoms with Gasteiger partial charge in [0.15, 0.2) is 0 Å². The second-order valence-corrected chi connectivity index (χ2v) is 6.71. The Hall–Kier alpha value is -3.94. The summed E-state index contributed by atoms with van der Waals surface area (Å²) >= 11 is 0. The number of amides is 1. The number of carbonyl (C=O) groups is 1. The van der Waals surface area contributed by atoms with Gasteiger partial charge in [-0.25, -0.2) is 4.39 Å². The van der Waals surface area contributed by atoms with Crippen LogP contribution in [0.15, 0.2) is 71.7 Å². The number of furan rings is 1. The van der Waals surface area contributed by atoms with E-state index in [1.807, 2.05) is 12.1 Å². The Labute approximate surface area is 172 Å². The summed E-state index contributed by atoms with van der Waals surface area (Å²) < 4.78 is 19.3. The van der Waals surface area contributed by atoms with Crippen LogP contribution in [0.5, 0.6) is 0 Å². The Morgan fingerprint density at radius 1 is 1.17 bits per heavy atom. The number of halogens is 1. The van der Waals surface area contributed by atoms with Gasteiger partial charge in [-0.05, 0) is 42.0 Å². The predicted octanol–water partition coefficient (Wildman–Crippen LogP) is 4.39. The first-order chi connectivity index (χ1) is 14.7. The number of rotatable bonds is 8. The van der Waals surface area contributed by atoms with Gasteiger partial charge in [0, 0.05) is 43.0 Å². The second-order valence-electron chi connectivity index (χ2n) is 6.71. The first-order valence-corrected chi connectivity index (χ1v) is 9.47. The average molecular weight is 405 g/mol. The highest BCUT2D eigenvalue weighted by Crippen LogP contribution is 2.21. The van der Waals surface area contributed by atoms with Gasteiger partial charge < -0.3 is 15.1 Å². The molecule has 0 saturated heterocycles. The molecule has 152 valence electrons. The number of hydrogen-bond donors (Lipinski definition) is 3. The zero-order chi connectivity index (χ0) is 20.8. The molecule has 1 amide bonds. The highest BCUT2D eigenvalue weighted by atomic mass is 19.1. The summed E-state index contributed by atoms with van der Waals surface area (Å²) in [4.78, 5) is 16.5. The van der Waals surface area contributed by atoms with Gasteiger partial charge >= 0.3 is 0 Å². The van der Waals surface area contributed by atoms with Crippen molar-refractivity contribution in [2.45, 2.75) is 19.4 Å². The molecule has 0 aliphatic rings. The second kappa shape index (κ2) is 9.04. The van der Waals surface area contributed by atoms with E-state index in [1.54, 1.807) is 49.1 Å². The predicted molar refractivity (Wildman–Crippen MR) is 111 cm³/mol. The molecule has 0 aliphatic carbocycles. The molecule has 1 aromatic carbocycles. The summed E-state index contributed by atoms with van der Waals surface area (Å²) in [6, 6.07) is 12.0.